The fraction of sp³-hybridized carbons (Fsp3) is 0. The van der Waals surface area contributed by atoms with Gasteiger partial charge in [-0.15, -0.1) is 5.10 Å². The van der Waals surface area contributed by atoms with Gasteiger partial charge in [-0.3, -0.25) is 0 Å². The average molecular weight is 410 g/mol. The molecule has 0 atom stereocenters. The minimum atomic E-state index is 0.286. The van der Waals surface area contributed by atoms with E-state index < -0.39 is 0 Å². The van der Waals surface area contributed by atoms with E-state index in [0.29, 0.717) is 27.3 Å². The van der Waals surface area contributed by atoms with E-state index in [-0.39, 0.29) is 5.95 Å². The number of aromatic nitrogens is 3. The number of furan rings is 1. The van der Waals surface area contributed by atoms with Crippen LogP contribution in [0.1, 0.15) is 5.76 Å². The van der Waals surface area contributed by atoms with Crippen molar-refractivity contribution < 1.29 is 4.42 Å². The van der Waals surface area contributed by atoms with Crippen molar-refractivity contribution in [2.75, 3.05) is 5.43 Å². The van der Waals surface area contributed by atoms with Gasteiger partial charge in [-0.2, -0.15) is 10.2 Å². The van der Waals surface area contributed by atoms with Crippen molar-refractivity contribution in [2.24, 2.45) is 5.10 Å². The molecule has 0 saturated heterocycles. The van der Waals surface area contributed by atoms with Crippen LogP contribution < -0.4 is 5.43 Å². The zero-order chi connectivity index (χ0) is 19.3. The molecule has 0 aliphatic rings. The quantitative estimate of drug-likeness (QED) is 0.345. The lowest BCUT2D eigenvalue weighted by molar-refractivity contribution is 0.575. The summed E-state index contributed by atoms with van der Waals surface area (Å²) in [5.74, 6) is 1.50. The number of anilines is 1. The Bertz CT molecular complexity index is 1130. The summed E-state index contributed by atoms with van der Waals surface area (Å²) in [6.07, 6.45) is 3.12. The van der Waals surface area contributed by atoms with Crippen molar-refractivity contribution in [3.8, 4) is 22.6 Å². The van der Waals surface area contributed by atoms with Crippen LogP contribution in [-0.4, -0.2) is 21.4 Å². The largest absolute Gasteiger partial charge is 0.455 e. The average Bonchev–Trinajstić information content (AvgIpc) is 3.20. The second-order valence-corrected chi connectivity index (χ2v) is 6.55. The van der Waals surface area contributed by atoms with Gasteiger partial charge in [0.25, 0.3) is 5.95 Å². The summed E-state index contributed by atoms with van der Waals surface area (Å²) in [5.41, 5.74) is 5.23. The van der Waals surface area contributed by atoms with E-state index in [2.05, 4.69) is 25.7 Å². The van der Waals surface area contributed by atoms with Crippen LogP contribution in [0.4, 0.5) is 5.95 Å². The molecule has 138 valence electrons. The van der Waals surface area contributed by atoms with E-state index >= 15 is 0 Å². The van der Waals surface area contributed by atoms with Gasteiger partial charge in [-0.1, -0.05) is 53.5 Å². The van der Waals surface area contributed by atoms with Crippen LogP contribution in [0.5, 0.6) is 0 Å². The molecule has 0 fully saturated rings. The number of rotatable bonds is 5. The third-order valence-corrected chi connectivity index (χ3v) is 4.55. The first-order chi connectivity index (χ1) is 13.7. The molecule has 0 aliphatic heterocycles. The molecule has 0 radical (unpaired) electrons. The zero-order valence-electron chi connectivity index (χ0n) is 14.4. The normalized spacial score (nSPS) is 11.1. The van der Waals surface area contributed by atoms with Crippen molar-refractivity contribution in [3.05, 3.63) is 82.7 Å². The first-order valence-electron chi connectivity index (χ1n) is 8.28. The summed E-state index contributed by atoms with van der Waals surface area (Å²) >= 11 is 12.0. The van der Waals surface area contributed by atoms with Gasteiger partial charge >= 0.3 is 0 Å². The SMILES string of the molecule is Clc1ccc(-c2ccc(/C=N\Nc3nncc(-c4ccccc4)n3)o2)cc1Cl. The molecule has 6 nitrogen and oxygen atoms in total. The molecule has 0 bridgehead atoms. The van der Waals surface area contributed by atoms with E-state index in [9.17, 15) is 0 Å². The van der Waals surface area contributed by atoms with Crippen LogP contribution in [-0.2, 0) is 0 Å². The molecule has 28 heavy (non-hydrogen) atoms. The van der Waals surface area contributed by atoms with Gasteiger partial charge in [0, 0.05) is 11.1 Å². The minimum absolute atomic E-state index is 0.286. The maximum Gasteiger partial charge on any atom is 0.263 e. The molecule has 0 spiro atoms. The van der Waals surface area contributed by atoms with Crippen molar-refractivity contribution in [3.63, 3.8) is 0 Å². The highest BCUT2D eigenvalue weighted by atomic mass is 35.5. The van der Waals surface area contributed by atoms with E-state index in [1.54, 1.807) is 24.4 Å². The van der Waals surface area contributed by atoms with Crippen LogP contribution >= 0.6 is 23.2 Å². The smallest absolute Gasteiger partial charge is 0.263 e. The number of hydrazone groups is 1. The molecule has 0 aliphatic carbocycles. The molecule has 0 amide bonds. The van der Waals surface area contributed by atoms with Crippen LogP contribution in [0.15, 0.2) is 76.4 Å². The minimum Gasteiger partial charge on any atom is -0.455 e. The van der Waals surface area contributed by atoms with Gasteiger partial charge in [-0.25, -0.2) is 10.4 Å². The van der Waals surface area contributed by atoms with Gasteiger partial charge < -0.3 is 4.42 Å². The van der Waals surface area contributed by atoms with Gasteiger partial charge in [0.2, 0.25) is 0 Å². The van der Waals surface area contributed by atoms with E-state index in [0.717, 1.165) is 11.1 Å². The third-order valence-electron chi connectivity index (χ3n) is 3.82. The molecule has 2 aromatic carbocycles. The molecular formula is C20H13Cl2N5O. The Kier molecular flexibility index (Phi) is 5.32. The van der Waals surface area contributed by atoms with Crippen LogP contribution in [0.2, 0.25) is 10.0 Å². The summed E-state index contributed by atoms with van der Waals surface area (Å²) in [6.45, 7) is 0. The highest BCUT2D eigenvalue weighted by molar-refractivity contribution is 6.42. The number of nitrogens with zero attached hydrogens (tertiary/aromatic N) is 4. The molecule has 2 heterocycles. The Balaban J connectivity index is 1.46. The van der Waals surface area contributed by atoms with Gasteiger partial charge in [-0.05, 0) is 30.3 Å². The number of benzene rings is 2. The standard InChI is InChI=1S/C20H13Cl2N5O/c21-16-8-6-14(10-17(16)22)19-9-7-15(28-19)11-23-26-20-25-18(12-24-27-20)13-4-2-1-3-5-13/h1-12H,(H,25,26,27)/b23-11-. The topological polar surface area (TPSA) is 76.2 Å². The maximum absolute atomic E-state index is 6.05. The fourth-order valence-corrected chi connectivity index (χ4v) is 2.78. The highest BCUT2D eigenvalue weighted by Gasteiger charge is 2.06. The van der Waals surface area contributed by atoms with Gasteiger partial charge in [0.05, 0.1) is 28.2 Å². The molecule has 8 heteroatoms. The monoisotopic (exact) mass is 409 g/mol. The molecule has 4 rings (SSSR count). The molecular weight excluding hydrogens is 397 g/mol. The Morgan fingerprint density at radius 1 is 0.929 bits per heavy atom. The molecule has 4 aromatic rings. The fourth-order valence-electron chi connectivity index (χ4n) is 2.48. The Morgan fingerprint density at radius 3 is 2.61 bits per heavy atom. The lowest BCUT2D eigenvalue weighted by Gasteiger charge is -2.01. The van der Waals surface area contributed by atoms with Crippen molar-refractivity contribution in [2.45, 2.75) is 0 Å². The number of halogens is 2. The summed E-state index contributed by atoms with van der Waals surface area (Å²) in [7, 11) is 0. The summed E-state index contributed by atoms with van der Waals surface area (Å²) in [6, 6.07) is 18.6. The first-order valence-corrected chi connectivity index (χ1v) is 9.04. The Morgan fingerprint density at radius 2 is 1.79 bits per heavy atom. The van der Waals surface area contributed by atoms with Crippen LogP contribution in [0.3, 0.4) is 0 Å². The summed E-state index contributed by atoms with van der Waals surface area (Å²) < 4.78 is 5.75. The molecule has 0 saturated carbocycles. The molecule has 2 aromatic heterocycles. The molecule has 0 unspecified atom stereocenters. The van der Waals surface area contributed by atoms with E-state index in [1.807, 2.05) is 42.5 Å². The first kappa shape index (κ1) is 18.2. The summed E-state index contributed by atoms with van der Waals surface area (Å²) in [4.78, 5) is 4.39. The van der Waals surface area contributed by atoms with E-state index in [4.69, 9.17) is 27.6 Å². The summed E-state index contributed by atoms with van der Waals surface area (Å²) in [5, 5.41) is 12.9. The van der Waals surface area contributed by atoms with Gasteiger partial charge in [0.15, 0.2) is 0 Å². The Hall–Kier alpha value is -3.22. The second kappa shape index (κ2) is 8.21. The predicted molar refractivity (Wildman–Crippen MR) is 111 cm³/mol. The lowest BCUT2D eigenvalue weighted by atomic mass is 10.2. The predicted octanol–water partition coefficient (Wildman–Crippen LogP) is 5.55. The zero-order valence-corrected chi connectivity index (χ0v) is 15.9. The van der Waals surface area contributed by atoms with Crippen LogP contribution in [0, 0.1) is 0 Å². The molecule has 1 N–H and O–H groups in total. The van der Waals surface area contributed by atoms with Crippen molar-refractivity contribution >= 4 is 35.4 Å². The second-order valence-electron chi connectivity index (χ2n) is 5.73. The van der Waals surface area contributed by atoms with Crippen molar-refractivity contribution in [1.82, 2.24) is 15.2 Å². The number of nitrogens with one attached hydrogen (secondary N) is 1. The lowest BCUT2D eigenvalue weighted by Crippen LogP contribution is -1.99. The number of hydrogen-bond acceptors (Lipinski definition) is 6. The third kappa shape index (κ3) is 4.19. The highest BCUT2D eigenvalue weighted by Crippen LogP contribution is 2.29. The van der Waals surface area contributed by atoms with Crippen LogP contribution in [0.25, 0.3) is 22.6 Å². The van der Waals surface area contributed by atoms with E-state index in [1.165, 1.54) is 6.21 Å². The maximum atomic E-state index is 6.05. The Labute approximate surface area is 170 Å². The van der Waals surface area contributed by atoms with Gasteiger partial charge in [0.1, 0.15) is 11.5 Å². The number of hydrogen-bond donors (Lipinski definition) is 1. The van der Waals surface area contributed by atoms with Crippen molar-refractivity contribution in [1.29, 1.82) is 0 Å².